The smallest absolute Gasteiger partial charge is 0.224 e. The molecule has 2 N–H and O–H groups in total. The number of carbonyl (C=O) groups excluding carboxylic acids is 4. The molecule has 26 heavy (non-hydrogen) atoms. The second-order valence-electron chi connectivity index (χ2n) is 5.92. The summed E-state index contributed by atoms with van der Waals surface area (Å²) in [6.45, 7) is 3.41. The predicted octanol–water partition coefficient (Wildman–Crippen LogP) is 3.16. The minimum Gasteiger partial charge on any atom is -0.325 e. The first-order chi connectivity index (χ1) is 12.5. The zero-order valence-corrected chi connectivity index (χ0v) is 14.5. The van der Waals surface area contributed by atoms with Crippen LogP contribution in [0.4, 0.5) is 11.4 Å². The highest BCUT2D eigenvalue weighted by Gasteiger charge is 2.33. The minimum atomic E-state index is -0.353. The van der Waals surface area contributed by atoms with E-state index in [2.05, 4.69) is 10.6 Å². The van der Waals surface area contributed by atoms with E-state index < -0.39 is 0 Å². The molecule has 2 aromatic carbocycles. The van der Waals surface area contributed by atoms with Crippen molar-refractivity contribution in [2.75, 3.05) is 10.6 Å². The molecule has 0 spiro atoms. The molecule has 0 fully saturated rings. The largest absolute Gasteiger partial charge is 0.325 e. The van der Waals surface area contributed by atoms with Crippen molar-refractivity contribution in [1.82, 2.24) is 0 Å². The van der Waals surface area contributed by atoms with E-state index in [1.165, 1.54) is 0 Å². The van der Waals surface area contributed by atoms with Gasteiger partial charge in [0.15, 0.2) is 11.6 Å². The molecule has 1 aliphatic carbocycles. The van der Waals surface area contributed by atoms with E-state index in [9.17, 15) is 19.2 Å². The van der Waals surface area contributed by atoms with E-state index in [1.54, 1.807) is 50.2 Å². The van der Waals surface area contributed by atoms with Crippen molar-refractivity contribution < 1.29 is 19.2 Å². The highest BCUT2D eigenvalue weighted by Crippen LogP contribution is 2.35. The SMILES string of the molecule is CCC(=O)Nc1cccc2c1C(=O)c1cccc(NC(=O)CC)c1C2=O. The Morgan fingerprint density at radius 3 is 1.46 bits per heavy atom. The van der Waals surface area contributed by atoms with E-state index in [-0.39, 0.29) is 58.5 Å². The molecule has 0 saturated carbocycles. The molecule has 0 saturated heterocycles. The highest BCUT2D eigenvalue weighted by molar-refractivity contribution is 6.32. The fraction of sp³-hybridized carbons (Fsp3) is 0.200. The van der Waals surface area contributed by atoms with E-state index in [0.29, 0.717) is 11.4 Å². The second kappa shape index (κ2) is 6.92. The van der Waals surface area contributed by atoms with Crippen molar-refractivity contribution in [3.05, 3.63) is 58.7 Å². The summed E-state index contributed by atoms with van der Waals surface area (Å²) in [4.78, 5) is 49.6. The molecule has 0 heterocycles. The van der Waals surface area contributed by atoms with Crippen LogP contribution in [0.25, 0.3) is 0 Å². The monoisotopic (exact) mass is 350 g/mol. The predicted molar refractivity (Wildman–Crippen MR) is 97.6 cm³/mol. The van der Waals surface area contributed by atoms with Crippen molar-refractivity contribution in [3.8, 4) is 0 Å². The minimum absolute atomic E-state index is 0.186. The Morgan fingerprint density at radius 1 is 0.731 bits per heavy atom. The van der Waals surface area contributed by atoms with Crippen LogP contribution < -0.4 is 10.6 Å². The quantitative estimate of drug-likeness (QED) is 0.756. The van der Waals surface area contributed by atoms with Crippen molar-refractivity contribution in [1.29, 1.82) is 0 Å². The van der Waals surface area contributed by atoms with Gasteiger partial charge in [0.05, 0.1) is 22.5 Å². The lowest BCUT2D eigenvalue weighted by Gasteiger charge is -2.22. The molecule has 2 amide bonds. The lowest BCUT2D eigenvalue weighted by atomic mass is 9.82. The number of amides is 2. The van der Waals surface area contributed by atoms with Gasteiger partial charge in [0.2, 0.25) is 11.8 Å². The maximum Gasteiger partial charge on any atom is 0.224 e. The number of hydrogen-bond acceptors (Lipinski definition) is 4. The molecule has 1 aliphatic rings. The molecule has 0 atom stereocenters. The topological polar surface area (TPSA) is 92.3 Å². The second-order valence-corrected chi connectivity index (χ2v) is 5.92. The average Bonchev–Trinajstić information content (AvgIpc) is 2.65. The third-order valence-electron chi connectivity index (χ3n) is 4.26. The summed E-state index contributed by atoms with van der Waals surface area (Å²) in [5, 5.41) is 5.35. The molecule has 0 bridgehead atoms. The van der Waals surface area contributed by atoms with Crippen LogP contribution in [0.3, 0.4) is 0 Å². The highest BCUT2D eigenvalue weighted by atomic mass is 16.2. The molecule has 0 aliphatic heterocycles. The van der Waals surface area contributed by atoms with Gasteiger partial charge in [-0.2, -0.15) is 0 Å². The lowest BCUT2D eigenvalue weighted by Crippen LogP contribution is -2.25. The van der Waals surface area contributed by atoms with Crippen molar-refractivity contribution >= 4 is 34.8 Å². The maximum absolute atomic E-state index is 13.0. The van der Waals surface area contributed by atoms with Gasteiger partial charge in [0.25, 0.3) is 0 Å². The van der Waals surface area contributed by atoms with Crippen LogP contribution in [0, 0.1) is 0 Å². The maximum atomic E-state index is 13.0. The Labute approximate surface area is 150 Å². The lowest BCUT2D eigenvalue weighted by molar-refractivity contribution is -0.116. The van der Waals surface area contributed by atoms with Crippen LogP contribution in [0.1, 0.15) is 58.5 Å². The summed E-state index contributed by atoms with van der Waals surface area (Å²) in [5.74, 6) is -1.19. The van der Waals surface area contributed by atoms with Gasteiger partial charge in [0, 0.05) is 24.0 Å². The van der Waals surface area contributed by atoms with E-state index >= 15 is 0 Å². The van der Waals surface area contributed by atoms with Crippen LogP contribution in [0.2, 0.25) is 0 Å². The van der Waals surface area contributed by atoms with Gasteiger partial charge in [-0.25, -0.2) is 0 Å². The summed E-state index contributed by atoms with van der Waals surface area (Å²) in [7, 11) is 0. The van der Waals surface area contributed by atoms with E-state index in [4.69, 9.17) is 0 Å². The van der Waals surface area contributed by atoms with Crippen LogP contribution in [-0.4, -0.2) is 23.4 Å². The van der Waals surface area contributed by atoms with Gasteiger partial charge in [-0.3, -0.25) is 19.2 Å². The molecule has 0 radical (unpaired) electrons. The number of benzene rings is 2. The van der Waals surface area contributed by atoms with Crippen molar-refractivity contribution in [2.45, 2.75) is 26.7 Å². The van der Waals surface area contributed by atoms with Gasteiger partial charge < -0.3 is 10.6 Å². The van der Waals surface area contributed by atoms with Crippen LogP contribution in [0.15, 0.2) is 36.4 Å². The van der Waals surface area contributed by atoms with Crippen molar-refractivity contribution in [3.63, 3.8) is 0 Å². The Kier molecular flexibility index (Phi) is 4.67. The number of fused-ring (bicyclic) bond motifs is 2. The third-order valence-corrected chi connectivity index (χ3v) is 4.26. The Bertz CT molecular complexity index is 869. The number of carbonyl (C=O) groups is 4. The van der Waals surface area contributed by atoms with Crippen LogP contribution in [-0.2, 0) is 9.59 Å². The third kappa shape index (κ3) is 2.90. The van der Waals surface area contributed by atoms with Crippen LogP contribution >= 0.6 is 0 Å². The summed E-state index contributed by atoms with van der Waals surface area (Å²) in [6.07, 6.45) is 0.519. The summed E-state index contributed by atoms with van der Waals surface area (Å²) in [5.41, 5.74) is 1.45. The van der Waals surface area contributed by atoms with Crippen molar-refractivity contribution in [2.24, 2.45) is 0 Å². The molecule has 132 valence electrons. The summed E-state index contributed by atoms with van der Waals surface area (Å²) < 4.78 is 0. The first kappa shape index (κ1) is 17.5. The molecule has 3 rings (SSSR count). The van der Waals surface area contributed by atoms with E-state index in [1.807, 2.05) is 0 Å². The average molecular weight is 350 g/mol. The zero-order valence-electron chi connectivity index (χ0n) is 14.5. The number of anilines is 2. The molecule has 2 aromatic rings. The van der Waals surface area contributed by atoms with E-state index in [0.717, 1.165) is 0 Å². The molecular weight excluding hydrogens is 332 g/mol. The van der Waals surface area contributed by atoms with Gasteiger partial charge in [-0.1, -0.05) is 38.1 Å². The Hall–Kier alpha value is -3.28. The molecule has 0 aromatic heterocycles. The normalized spacial score (nSPS) is 12.2. The summed E-state index contributed by atoms with van der Waals surface area (Å²) in [6, 6.07) is 9.55. The van der Waals surface area contributed by atoms with Gasteiger partial charge in [-0.15, -0.1) is 0 Å². The molecule has 6 heteroatoms. The fourth-order valence-electron chi connectivity index (χ4n) is 2.93. The number of nitrogens with one attached hydrogen (secondary N) is 2. The number of hydrogen-bond donors (Lipinski definition) is 2. The first-order valence-electron chi connectivity index (χ1n) is 8.43. The first-order valence-corrected chi connectivity index (χ1v) is 8.43. The fourth-order valence-corrected chi connectivity index (χ4v) is 2.93. The Balaban J connectivity index is 2.14. The zero-order chi connectivity index (χ0) is 18.8. The number of rotatable bonds is 4. The van der Waals surface area contributed by atoms with Gasteiger partial charge in [0.1, 0.15) is 0 Å². The Morgan fingerprint density at radius 2 is 1.12 bits per heavy atom. The summed E-state index contributed by atoms with van der Waals surface area (Å²) >= 11 is 0. The molecular formula is C20H18N2O4. The molecule has 6 nitrogen and oxygen atoms in total. The van der Waals surface area contributed by atoms with Gasteiger partial charge in [-0.05, 0) is 12.1 Å². The van der Waals surface area contributed by atoms with Gasteiger partial charge >= 0.3 is 0 Å². The molecule has 0 unspecified atom stereocenters. The van der Waals surface area contributed by atoms with Crippen LogP contribution in [0.5, 0.6) is 0 Å². The number of ketones is 2. The standard InChI is InChI=1S/C20H18N2O4/c1-3-15(23)21-13-9-5-7-11-17(13)19(25)12-8-6-10-14(18(12)20(11)26)22-16(24)4-2/h5-10H,3-4H2,1-2H3,(H,21,23)(H,22,24).